The Balaban J connectivity index is 1.62. The van der Waals surface area contributed by atoms with E-state index in [2.05, 4.69) is 26.1 Å². The van der Waals surface area contributed by atoms with Crippen LogP contribution in [0.3, 0.4) is 0 Å². The molecule has 0 saturated carbocycles. The quantitative estimate of drug-likeness (QED) is 0.609. The fourth-order valence-corrected chi connectivity index (χ4v) is 4.68. The van der Waals surface area contributed by atoms with Crippen molar-refractivity contribution in [1.82, 2.24) is 19.9 Å². The van der Waals surface area contributed by atoms with Gasteiger partial charge < -0.3 is 9.64 Å². The maximum absolute atomic E-state index is 13.1. The molecule has 2 heterocycles. The van der Waals surface area contributed by atoms with E-state index in [-0.39, 0.29) is 11.3 Å². The van der Waals surface area contributed by atoms with Gasteiger partial charge in [-0.3, -0.25) is 4.79 Å². The molecule has 1 aliphatic rings. The number of carbonyl (C=O) groups excluding carboxylic acids is 1. The first kappa shape index (κ1) is 18.1. The van der Waals surface area contributed by atoms with Crippen LogP contribution in [0, 0.1) is 0 Å². The van der Waals surface area contributed by atoms with E-state index < -0.39 is 0 Å². The van der Waals surface area contributed by atoms with Crippen LogP contribution in [0.1, 0.15) is 21.4 Å². The molecule has 1 fully saturated rings. The topological polar surface area (TPSA) is 60.2 Å². The molecule has 1 aromatic heterocycles. The number of ether oxygens (including phenoxy) is 1. The molecule has 0 radical (unpaired) electrons. The van der Waals surface area contributed by atoms with Crippen molar-refractivity contribution in [2.45, 2.75) is 5.37 Å². The largest absolute Gasteiger partial charge is 0.496 e. The zero-order chi connectivity index (χ0) is 18.8. The van der Waals surface area contributed by atoms with E-state index >= 15 is 0 Å². The third-order valence-corrected chi connectivity index (χ3v) is 6.04. The summed E-state index contributed by atoms with van der Waals surface area (Å²) in [5.74, 6) is 1.50. The van der Waals surface area contributed by atoms with Gasteiger partial charge in [0, 0.05) is 22.3 Å². The Morgan fingerprint density at radius 3 is 2.85 bits per heavy atom. The average molecular weight is 445 g/mol. The number of amides is 1. The third-order valence-electron chi connectivity index (χ3n) is 4.31. The van der Waals surface area contributed by atoms with Crippen LogP contribution in [-0.4, -0.2) is 45.2 Å². The normalized spacial score (nSPS) is 16.5. The minimum absolute atomic E-state index is 0.119. The number of nitrogens with zero attached hydrogens (tertiary/aromatic N) is 4. The molecular weight excluding hydrogens is 428 g/mol. The van der Waals surface area contributed by atoms with Gasteiger partial charge in [0.1, 0.15) is 11.1 Å². The maximum atomic E-state index is 13.1. The van der Waals surface area contributed by atoms with E-state index in [1.54, 1.807) is 18.9 Å². The van der Waals surface area contributed by atoms with E-state index in [4.69, 9.17) is 4.74 Å². The highest BCUT2D eigenvalue weighted by Gasteiger charge is 2.34. The van der Waals surface area contributed by atoms with Gasteiger partial charge in [0.05, 0.1) is 19.0 Å². The Kier molecular flexibility index (Phi) is 5.18. The SMILES string of the molecule is COc1ccc(Br)cc1C1SCCN1C(=O)c1cnn(-c2ccccc2)n1. The molecule has 1 atom stereocenters. The number of carbonyl (C=O) groups is 1. The summed E-state index contributed by atoms with van der Waals surface area (Å²) in [6.07, 6.45) is 1.52. The zero-order valence-corrected chi connectivity index (χ0v) is 17.0. The first-order valence-corrected chi connectivity index (χ1v) is 10.3. The molecule has 0 bridgehead atoms. The van der Waals surface area contributed by atoms with Crippen LogP contribution in [-0.2, 0) is 0 Å². The Morgan fingerprint density at radius 2 is 2.07 bits per heavy atom. The lowest BCUT2D eigenvalue weighted by Gasteiger charge is -2.24. The van der Waals surface area contributed by atoms with Gasteiger partial charge >= 0.3 is 0 Å². The predicted octanol–water partition coefficient (Wildman–Crippen LogP) is 3.93. The van der Waals surface area contributed by atoms with Gasteiger partial charge in [-0.05, 0) is 30.3 Å². The van der Waals surface area contributed by atoms with Crippen molar-refractivity contribution in [2.75, 3.05) is 19.4 Å². The number of benzene rings is 2. The van der Waals surface area contributed by atoms with E-state index in [0.717, 1.165) is 27.2 Å². The predicted molar refractivity (Wildman–Crippen MR) is 108 cm³/mol. The van der Waals surface area contributed by atoms with Gasteiger partial charge in [-0.2, -0.15) is 9.90 Å². The van der Waals surface area contributed by atoms with Crippen LogP contribution < -0.4 is 4.74 Å². The molecule has 0 spiro atoms. The van der Waals surface area contributed by atoms with Gasteiger partial charge in [0.2, 0.25) is 0 Å². The van der Waals surface area contributed by atoms with Crippen molar-refractivity contribution in [3.63, 3.8) is 0 Å². The van der Waals surface area contributed by atoms with E-state index in [1.165, 1.54) is 11.0 Å². The molecule has 1 saturated heterocycles. The first-order chi connectivity index (χ1) is 13.2. The van der Waals surface area contributed by atoms with Crippen molar-refractivity contribution < 1.29 is 9.53 Å². The molecular formula is C19H17BrN4O2S. The molecule has 4 rings (SSSR count). The number of hydrogen-bond acceptors (Lipinski definition) is 5. The summed E-state index contributed by atoms with van der Waals surface area (Å²) in [6, 6.07) is 15.4. The molecule has 1 amide bonds. The van der Waals surface area contributed by atoms with Crippen molar-refractivity contribution in [1.29, 1.82) is 0 Å². The molecule has 2 aromatic carbocycles. The summed E-state index contributed by atoms with van der Waals surface area (Å²) >= 11 is 5.23. The summed E-state index contributed by atoms with van der Waals surface area (Å²) < 4.78 is 6.46. The van der Waals surface area contributed by atoms with Crippen LogP contribution in [0.15, 0.2) is 59.2 Å². The molecule has 1 unspecified atom stereocenters. The van der Waals surface area contributed by atoms with Crippen molar-refractivity contribution in [3.8, 4) is 11.4 Å². The number of rotatable bonds is 4. The van der Waals surface area contributed by atoms with Gasteiger partial charge in [-0.15, -0.1) is 16.9 Å². The van der Waals surface area contributed by atoms with Crippen molar-refractivity contribution >= 4 is 33.6 Å². The summed E-state index contributed by atoms with van der Waals surface area (Å²) in [6.45, 7) is 0.655. The number of aromatic nitrogens is 3. The second kappa shape index (κ2) is 7.74. The van der Waals surface area contributed by atoms with Gasteiger partial charge in [-0.25, -0.2) is 0 Å². The van der Waals surface area contributed by atoms with Crippen molar-refractivity contribution in [3.05, 3.63) is 70.5 Å². The summed E-state index contributed by atoms with van der Waals surface area (Å²) in [4.78, 5) is 16.4. The van der Waals surface area contributed by atoms with Crippen LogP contribution in [0.25, 0.3) is 5.69 Å². The number of methoxy groups -OCH3 is 1. The third kappa shape index (κ3) is 3.59. The number of hydrogen-bond donors (Lipinski definition) is 0. The molecule has 1 aliphatic heterocycles. The molecule has 3 aromatic rings. The maximum Gasteiger partial charge on any atom is 0.277 e. The monoisotopic (exact) mass is 444 g/mol. The molecule has 138 valence electrons. The van der Waals surface area contributed by atoms with Crippen LogP contribution in [0.5, 0.6) is 5.75 Å². The Labute approximate surface area is 169 Å². The highest BCUT2D eigenvalue weighted by atomic mass is 79.9. The molecule has 0 N–H and O–H groups in total. The highest BCUT2D eigenvalue weighted by Crippen LogP contribution is 2.43. The Bertz CT molecular complexity index is 963. The van der Waals surface area contributed by atoms with Crippen LogP contribution in [0.2, 0.25) is 0 Å². The smallest absolute Gasteiger partial charge is 0.277 e. The molecule has 27 heavy (non-hydrogen) atoms. The standard InChI is InChI=1S/C19H17BrN4O2S/c1-26-17-8-7-13(20)11-15(17)19-23(9-10-27-19)18(25)16-12-21-24(22-16)14-5-3-2-4-6-14/h2-8,11-12,19H,9-10H2,1H3. The molecule has 8 heteroatoms. The lowest BCUT2D eigenvalue weighted by molar-refractivity contribution is 0.0753. The highest BCUT2D eigenvalue weighted by molar-refractivity contribution is 9.10. The van der Waals surface area contributed by atoms with Crippen LogP contribution >= 0.6 is 27.7 Å². The second-order valence-electron chi connectivity index (χ2n) is 5.96. The summed E-state index contributed by atoms with van der Waals surface area (Å²) in [5.41, 5.74) is 2.12. The lowest BCUT2D eigenvalue weighted by atomic mass is 10.1. The van der Waals surface area contributed by atoms with Gasteiger partial charge in [0.25, 0.3) is 5.91 Å². The van der Waals surface area contributed by atoms with Crippen LogP contribution in [0.4, 0.5) is 0 Å². The number of para-hydroxylation sites is 1. The van der Waals surface area contributed by atoms with Crippen molar-refractivity contribution in [2.24, 2.45) is 0 Å². The first-order valence-electron chi connectivity index (χ1n) is 8.41. The summed E-state index contributed by atoms with van der Waals surface area (Å²) in [7, 11) is 1.64. The van der Waals surface area contributed by atoms with E-state index in [0.29, 0.717) is 12.2 Å². The minimum Gasteiger partial charge on any atom is -0.496 e. The Hall–Kier alpha value is -2.32. The number of halogens is 1. The number of thioether (sulfide) groups is 1. The van der Waals surface area contributed by atoms with E-state index in [9.17, 15) is 4.79 Å². The summed E-state index contributed by atoms with van der Waals surface area (Å²) in [5, 5.41) is 8.50. The zero-order valence-electron chi connectivity index (χ0n) is 14.6. The molecule has 6 nitrogen and oxygen atoms in total. The lowest BCUT2D eigenvalue weighted by Crippen LogP contribution is -2.31. The fourth-order valence-electron chi connectivity index (χ4n) is 3.03. The Morgan fingerprint density at radius 1 is 1.26 bits per heavy atom. The van der Waals surface area contributed by atoms with E-state index in [1.807, 2.05) is 53.4 Å². The average Bonchev–Trinajstić information content (AvgIpc) is 3.38. The van der Waals surface area contributed by atoms with Gasteiger partial charge in [0.15, 0.2) is 5.69 Å². The fraction of sp³-hybridized carbons (Fsp3) is 0.211. The second-order valence-corrected chi connectivity index (χ2v) is 8.07. The molecule has 0 aliphatic carbocycles. The van der Waals surface area contributed by atoms with Gasteiger partial charge in [-0.1, -0.05) is 34.1 Å². The minimum atomic E-state index is -0.130.